The van der Waals surface area contributed by atoms with Crippen molar-refractivity contribution in [1.29, 1.82) is 5.26 Å². The minimum Gasteiger partial charge on any atom is -0.442 e. The summed E-state index contributed by atoms with van der Waals surface area (Å²) in [6, 6.07) is 8.52. The Hall–Kier alpha value is -3.71. The second kappa shape index (κ2) is 9.03. The lowest BCUT2D eigenvalue weighted by atomic mass is 9.89. The Labute approximate surface area is 192 Å². The number of hydrogen-bond donors (Lipinski definition) is 2. The molecule has 2 fully saturated rings. The van der Waals surface area contributed by atoms with Crippen LogP contribution in [0.1, 0.15) is 29.9 Å². The zero-order valence-electron chi connectivity index (χ0n) is 17.0. The van der Waals surface area contributed by atoms with E-state index in [0.717, 1.165) is 12.1 Å². The Bertz CT molecular complexity index is 1170. The first-order chi connectivity index (χ1) is 15.7. The van der Waals surface area contributed by atoms with Crippen LogP contribution in [-0.2, 0) is 14.3 Å². The molecule has 2 aromatic rings. The highest BCUT2D eigenvalue weighted by atomic mass is 35.5. The van der Waals surface area contributed by atoms with E-state index >= 15 is 0 Å². The number of anilines is 2. The van der Waals surface area contributed by atoms with Crippen LogP contribution in [-0.4, -0.2) is 37.1 Å². The lowest BCUT2D eigenvalue weighted by molar-refractivity contribution is -0.134. The van der Waals surface area contributed by atoms with Crippen molar-refractivity contribution in [2.75, 3.05) is 23.3 Å². The van der Waals surface area contributed by atoms with Gasteiger partial charge in [0.05, 0.1) is 30.6 Å². The molecule has 2 saturated heterocycles. The summed E-state index contributed by atoms with van der Waals surface area (Å²) in [5.41, 5.74) is 0.454. The highest BCUT2D eigenvalue weighted by Gasteiger charge is 2.35. The summed E-state index contributed by atoms with van der Waals surface area (Å²) in [4.78, 5) is 37.0. The van der Waals surface area contributed by atoms with Crippen LogP contribution >= 0.6 is 11.6 Å². The number of halogens is 3. The van der Waals surface area contributed by atoms with Gasteiger partial charge in [-0.3, -0.25) is 20.2 Å². The molecule has 4 rings (SSSR count). The topological polar surface area (TPSA) is 112 Å². The Morgan fingerprint density at radius 2 is 1.88 bits per heavy atom. The average molecular weight is 475 g/mol. The number of rotatable bonds is 4. The van der Waals surface area contributed by atoms with Gasteiger partial charge in [0.25, 0.3) is 0 Å². The highest BCUT2D eigenvalue weighted by molar-refractivity contribution is 6.31. The third-order valence-corrected chi connectivity index (χ3v) is 5.63. The maximum Gasteiger partial charge on any atom is 0.412 e. The van der Waals surface area contributed by atoms with E-state index in [1.54, 1.807) is 4.90 Å². The van der Waals surface area contributed by atoms with Gasteiger partial charge in [-0.2, -0.15) is 5.26 Å². The maximum absolute atomic E-state index is 14.7. The quantitative estimate of drug-likeness (QED) is 0.656. The predicted octanol–water partition coefficient (Wildman–Crippen LogP) is 3.45. The van der Waals surface area contributed by atoms with Crippen LogP contribution in [0.25, 0.3) is 0 Å². The minimum absolute atomic E-state index is 0.0112. The summed E-state index contributed by atoms with van der Waals surface area (Å²) in [6.45, 7) is 0.423. The lowest BCUT2D eigenvalue weighted by Crippen LogP contribution is -2.53. The highest BCUT2D eigenvalue weighted by Crippen LogP contribution is 2.33. The van der Waals surface area contributed by atoms with Crippen LogP contribution < -0.4 is 15.5 Å². The van der Waals surface area contributed by atoms with E-state index < -0.39 is 41.6 Å². The molecule has 2 aromatic carbocycles. The molecule has 2 aliphatic heterocycles. The fourth-order valence-electron chi connectivity index (χ4n) is 3.80. The van der Waals surface area contributed by atoms with Crippen molar-refractivity contribution in [3.8, 4) is 6.07 Å². The van der Waals surface area contributed by atoms with E-state index in [-0.39, 0.29) is 47.8 Å². The molecule has 2 aliphatic rings. The summed E-state index contributed by atoms with van der Waals surface area (Å²) >= 11 is 5.90. The van der Waals surface area contributed by atoms with Gasteiger partial charge < -0.3 is 9.64 Å². The van der Waals surface area contributed by atoms with Crippen molar-refractivity contribution in [3.63, 3.8) is 0 Å². The SMILES string of the molecule is N#Cc1cc(Cl)cc(NC(=O)OC2CN(c3cc(F)c(C4CCC(=O)NC4=O)c(F)c3)C2)c1. The van der Waals surface area contributed by atoms with Gasteiger partial charge in [-0.15, -0.1) is 0 Å². The third kappa shape index (κ3) is 4.88. The minimum atomic E-state index is -1.07. The van der Waals surface area contributed by atoms with Crippen molar-refractivity contribution in [2.45, 2.75) is 24.9 Å². The first-order valence-electron chi connectivity index (χ1n) is 9.99. The number of nitrogens with zero attached hydrogens (tertiary/aromatic N) is 2. The van der Waals surface area contributed by atoms with Gasteiger partial charge in [0, 0.05) is 28.4 Å². The number of benzene rings is 2. The Morgan fingerprint density at radius 1 is 1.18 bits per heavy atom. The van der Waals surface area contributed by atoms with Crippen molar-refractivity contribution < 1.29 is 27.9 Å². The van der Waals surface area contributed by atoms with Gasteiger partial charge in [-0.1, -0.05) is 11.6 Å². The summed E-state index contributed by atoms with van der Waals surface area (Å²) in [5.74, 6) is -4.01. The number of carbonyl (C=O) groups is 3. The molecule has 8 nitrogen and oxygen atoms in total. The molecule has 33 heavy (non-hydrogen) atoms. The molecule has 0 bridgehead atoms. The second-order valence-corrected chi connectivity index (χ2v) is 8.16. The Balaban J connectivity index is 1.36. The number of imide groups is 1. The van der Waals surface area contributed by atoms with Crippen molar-refractivity contribution in [2.24, 2.45) is 0 Å². The van der Waals surface area contributed by atoms with Crippen LogP contribution in [0.15, 0.2) is 30.3 Å². The molecule has 170 valence electrons. The summed E-state index contributed by atoms with van der Waals surface area (Å²) < 4.78 is 34.6. The summed E-state index contributed by atoms with van der Waals surface area (Å²) in [5, 5.41) is 13.8. The fraction of sp³-hybridized carbons (Fsp3) is 0.273. The standard InChI is InChI=1S/C22H17ClF2N4O4/c23-12-3-11(8-26)4-13(5-12)27-22(32)33-15-9-29(10-15)14-6-17(24)20(18(25)7-14)16-1-2-19(30)28-21(16)31/h3-7,15-16H,1-2,9-10H2,(H,27,32)(H,28,30,31). The molecule has 0 saturated carbocycles. The van der Waals surface area contributed by atoms with E-state index in [9.17, 15) is 23.2 Å². The average Bonchev–Trinajstić information content (AvgIpc) is 2.70. The van der Waals surface area contributed by atoms with Crippen LogP contribution in [0, 0.1) is 23.0 Å². The zero-order valence-corrected chi connectivity index (χ0v) is 17.8. The zero-order chi connectivity index (χ0) is 23.7. The normalized spacial score (nSPS) is 18.2. The van der Waals surface area contributed by atoms with Gasteiger partial charge in [0.2, 0.25) is 11.8 Å². The molecule has 2 N–H and O–H groups in total. The molecular formula is C22H17ClF2N4O4. The molecular weight excluding hydrogens is 458 g/mol. The predicted molar refractivity (Wildman–Crippen MR) is 114 cm³/mol. The largest absolute Gasteiger partial charge is 0.442 e. The molecule has 2 heterocycles. The van der Waals surface area contributed by atoms with Crippen LogP contribution in [0.3, 0.4) is 0 Å². The summed E-state index contributed by atoms with van der Waals surface area (Å²) in [6.07, 6.45) is -1.22. The fourth-order valence-corrected chi connectivity index (χ4v) is 4.04. The van der Waals surface area contributed by atoms with Crippen LogP contribution in [0.2, 0.25) is 5.02 Å². The molecule has 11 heteroatoms. The van der Waals surface area contributed by atoms with E-state index in [4.69, 9.17) is 21.6 Å². The van der Waals surface area contributed by atoms with E-state index in [0.29, 0.717) is 5.69 Å². The molecule has 1 atom stereocenters. The Morgan fingerprint density at radius 3 is 2.52 bits per heavy atom. The van der Waals surface area contributed by atoms with Crippen LogP contribution in [0.4, 0.5) is 25.0 Å². The summed E-state index contributed by atoms with van der Waals surface area (Å²) in [7, 11) is 0. The second-order valence-electron chi connectivity index (χ2n) is 7.72. The van der Waals surface area contributed by atoms with Crippen LogP contribution in [0.5, 0.6) is 0 Å². The van der Waals surface area contributed by atoms with Gasteiger partial charge in [0.15, 0.2) is 0 Å². The number of carbonyl (C=O) groups excluding carboxylic acids is 3. The molecule has 3 amide bonds. The first kappa shape index (κ1) is 22.5. The monoisotopic (exact) mass is 474 g/mol. The van der Waals surface area contributed by atoms with E-state index in [2.05, 4.69) is 10.6 Å². The molecule has 0 spiro atoms. The number of hydrogen-bond acceptors (Lipinski definition) is 6. The van der Waals surface area contributed by atoms with Gasteiger partial charge in [0.1, 0.15) is 17.7 Å². The van der Waals surface area contributed by atoms with E-state index in [1.165, 1.54) is 18.2 Å². The van der Waals surface area contributed by atoms with E-state index in [1.807, 2.05) is 6.07 Å². The van der Waals surface area contributed by atoms with Crippen molar-refractivity contribution in [1.82, 2.24) is 5.32 Å². The molecule has 1 unspecified atom stereocenters. The van der Waals surface area contributed by atoms with Crippen molar-refractivity contribution >= 4 is 40.9 Å². The smallest absolute Gasteiger partial charge is 0.412 e. The molecule has 0 aliphatic carbocycles. The maximum atomic E-state index is 14.7. The first-order valence-corrected chi connectivity index (χ1v) is 10.4. The van der Waals surface area contributed by atoms with Crippen molar-refractivity contribution in [3.05, 3.63) is 58.1 Å². The third-order valence-electron chi connectivity index (χ3n) is 5.41. The number of ether oxygens (including phenoxy) is 1. The number of nitriles is 1. The van der Waals surface area contributed by atoms with Gasteiger partial charge in [-0.05, 0) is 36.8 Å². The number of amides is 3. The van der Waals surface area contributed by atoms with Gasteiger partial charge >= 0.3 is 6.09 Å². The number of nitrogens with one attached hydrogen (secondary N) is 2. The molecule has 0 aromatic heterocycles. The molecule has 0 radical (unpaired) electrons. The number of piperidine rings is 1. The Kier molecular flexibility index (Phi) is 6.16. The lowest BCUT2D eigenvalue weighted by Gasteiger charge is -2.40. The van der Waals surface area contributed by atoms with Gasteiger partial charge in [-0.25, -0.2) is 13.6 Å².